The molecule has 118 valence electrons. The first-order chi connectivity index (χ1) is 10.5. The minimum Gasteiger partial charge on any atom is -0.481 e. The molecule has 0 aliphatic carbocycles. The number of hydrogen-bond donors (Lipinski definition) is 3. The number of pyridine rings is 1. The van der Waals surface area contributed by atoms with Crippen LogP contribution < -0.4 is 10.6 Å². The number of nitrogens with one attached hydrogen (secondary N) is 2. The number of carboxylic acid groups (broad SMARTS) is 1. The Morgan fingerprint density at radius 2 is 2.14 bits per heavy atom. The Labute approximate surface area is 135 Å². The maximum atomic E-state index is 11.6. The number of hydrogen-bond acceptors (Lipinski definition) is 3. The van der Waals surface area contributed by atoms with Gasteiger partial charge in [-0.3, -0.25) is 4.79 Å². The number of urea groups is 1. The maximum absolute atomic E-state index is 11.6. The quantitative estimate of drug-likeness (QED) is 0.680. The molecule has 0 unspecified atom stereocenters. The number of fused-ring (bicyclic) bond motifs is 1. The molecular weight excluding hydrogens is 352 g/mol. The molecule has 0 radical (unpaired) electrons. The van der Waals surface area contributed by atoms with E-state index in [1.54, 1.807) is 0 Å². The molecule has 0 aliphatic rings. The number of halogens is 1. The van der Waals surface area contributed by atoms with E-state index in [0.717, 1.165) is 21.4 Å². The van der Waals surface area contributed by atoms with E-state index in [1.165, 1.54) is 0 Å². The molecule has 0 saturated heterocycles. The number of amides is 2. The van der Waals surface area contributed by atoms with Crippen molar-refractivity contribution in [1.82, 2.24) is 20.0 Å². The van der Waals surface area contributed by atoms with Crippen molar-refractivity contribution >= 4 is 33.6 Å². The highest BCUT2D eigenvalue weighted by Gasteiger charge is 2.07. The van der Waals surface area contributed by atoms with Gasteiger partial charge >= 0.3 is 12.0 Å². The zero-order valence-electron chi connectivity index (χ0n) is 12.1. The van der Waals surface area contributed by atoms with Crippen LogP contribution in [0.2, 0.25) is 0 Å². The van der Waals surface area contributed by atoms with Crippen molar-refractivity contribution in [3.05, 3.63) is 34.2 Å². The topological polar surface area (TPSA) is 95.7 Å². The zero-order valence-corrected chi connectivity index (χ0v) is 13.7. The van der Waals surface area contributed by atoms with Crippen molar-refractivity contribution in [3.8, 4) is 0 Å². The summed E-state index contributed by atoms with van der Waals surface area (Å²) >= 11 is 3.43. The lowest BCUT2D eigenvalue weighted by atomic mass is 10.3. The maximum Gasteiger partial charge on any atom is 0.315 e. The van der Waals surface area contributed by atoms with Crippen LogP contribution in [0.15, 0.2) is 22.9 Å². The largest absolute Gasteiger partial charge is 0.481 e. The lowest BCUT2D eigenvalue weighted by Gasteiger charge is -2.05. The Balaban J connectivity index is 1.85. The van der Waals surface area contributed by atoms with E-state index >= 15 is 0 Å². The number of carbonyl (C=O) groups excluding carboxylic acids is 1. The number of carboxylic acids is 1. The molecule has 2 rings (SSSR count). The van der Waals surface area contributed by atoms with Gasteiger partial charge in [-0.25, -0.2) is 9.78 Å². The molecule has 2 aromatic rings. The van der Waals surface area contributed by atoms with E-state index in [1.807, 2.05) is 29.8 Å². The summed E-state index contributed by atoms with van der Waals surface area (Å²) in [6.07, 6.45) is 4.22. The molecule has 2 amide bonds. The van der Waals surface area contributed by atoms with Crippen LogP contribution in [0.25, 0.3) is 5.65 Å². The van der Waals surface area contributed by atoms with Gasteiger partial charge in [-0.05, 0) is 40.9 Å². The SMILES string of the molecule is Cc1cc(Br)cn2cc(CNC(=O)NCCCC(=O)O)nc12. The summed E-state index contributed by atoms with van der Waals surface area (Å²) in [6.45, 7) is 2.61. The molecule has 0 aromatic carbocycles. The molecule has 2 heterocycles. The van der Waals surface area contributed by atoms with E-state index < -0.39 is 5.97 Å². The molecule has 7 nitrogen and oxygen atoms in total. The fourth-order valence-electron chi connectivity index (χ4n) is 2.04. The summed E-state index contributed by atoms with van der Waals surface area (Å²) in [7, 11) is 0. The summed E-state index contributed by atoms with van der Waals surface area (Å²) < 4.78 is 2.87. The van der Waals surface area contributed by atoms with Crippen LogP contribution in [0.3, 0.4) is 0 Å². The number of nitrogens with zero attached hydrogens (tertiary/aromatic N) is 2. The number of rotatable bonds is 6. The molecule has 0 fully saturated rings. The van der Waals surface area contributed by atoms with Crippen LogP contribution in [0, 0.1) is 6.92 Å². The fourth-order valence-corrected chi connectivity index (χ4v) is 2.60. The van der Waals surface area contributed by atoms with E-state index in [-0.39, 0.29) is 12.5 Å². The third kappa shape index (κ3) is 4.45. The normalized spacial score (nSPS) is 10.6. The minimum atomic E-state index is -0.867. The first kappa shape index (κ1) is 16.3. The second-order valence-electron chi connectivity index (χ2n) is 4.91. The van der Waals surface area contributed by atoms with Crippen LogP contribution in [0.4, 0.5) is 4.79 Å². The summed E-state index contributed by atoms with van der Waals surface area (Å²) in [4.78, 5) is 26.4. The van der Waals surface area contributed by atoms with Crippen molar-refractivity contribution in [2.75, 3.05) is 6.54 Å². The van der Waals surface area contributed by atoms with Gasteiger partial charge in [-0.15, -0.1) is 0 Å². The standard InChI is InChI=1S/C14H17BrN4O3/c1-9-5-10(15)7-19-8-11(18-13(9)19)6-17-14(22)16-4-2-3-12(20)21/h5,7-8H,2-4,6H2,1H3,(H,20,21)(H2,16,17,22). The average molecular weight is 369 g/mol. The van der Waals surface area contributed by atoms with Crippen molar-refractivity contribution in [3.63, 3.8) is 0 Å². The van der Waals surface area contributed by atoms with Gasteiger partial charge in [0, 0.05) is 29.8 Å². The highest BCUT2D eigenvalue weighted by Crippen LogP contribution is 2.17. The second-order valence-corrected chi connectivity index (χ2v) is 5.83. The van der Waals surface area contributed by atoms with Crippen LogP contribution in [0.5, 0.6) is 0 Å². The summed E-state index contributed by atoms with van der Waals surface area (Å²) in [5.41, 5.74) is 2.64. The highest BCUT2D eigenvalue weighted by atomic mass is 79.9. The van der Waals surface area contributed by atoms with Gasteiger partial charge in [0.25, 0.3) is 0 Å². The Hall–Kier alpha value is -2.09. The molecule has 3 N–H and O–H groups in total. The Kier molecular flexibility index (Phi) is 5.37. The van der Waals surface area contributed by atoms with Crippen LogP contribution in [-0.4, -0.2) is 33.0 Å². The number of imidazole rings is 1. The van der Waals surface area contributed by atoms with Crippen molar-refractivity contribution in [2.24, 2.45) is 0 Å². The molecule has 8 heteroatoms. The van der Waals surface area contributed by atoms with Crippen LogP contribution in [0.1, 0.15) is 24.1 Å². The van der Waals surface area contributed by atoms with Gasteiger partial charge in [0.2, 0.25) is 0 Å². The lowest BCUT2D eigenvalue weighted by molar-refractivity contribution is -0.137. The van der Waals surface area contributed by atoms with Crippen molar-refractivity contribution < 1.29 is 14.7 Å². The predicted molar refractivity (Wildman–Crippen MR) is 84.7 cm³/mol. The van der Waals surface area contributed by atoms with Gasteiger partial charge in [0.05, 0.1) is 12.2 Å². The average Bonchev–Trinajstić information content (AvgIpc) is 2.84. The summed E-state index contributed by atoms with van der Waals surface area (Å²) in [6, 6.07) is 1.65. The minimum absolute atomic E-state index is 0.0425. The summed E-state index contributed by atoms with van der Waals surface area (Å²) in [5, 5.41) is 13.8. The van der Waals surface area contributed by atoms with Crippen LogP contribution >= 0.6 is 15.9 Å². The van der Waals surface area contributed by atoms with Gasteiger partial charge < -0.3 is 20.1 Å². The van der Waals surface area contributed by atoms with E-state index in [0.29, 0.717) is 19.5 Å². The first-order valence-electron chi connectivity index (χ1n) is 6.83. The van der Waals surface area contributed by atoms with Crippen LogP contribution in [-0.2, 0) is 11.3 Å². The van der Waals surface area contributed by atoms with Gasteiger partial charge in [0.1, 0.15) is 5.65 Å². The molecule has 0 aliphatic heterocycles. The third-order valence-corrected chi connectivity index (χ3v) is 3.47. The van der Waals surface area contributed by atoms with E-state index in [9.17, 15) is 9.59 Å². The molecular formula is C14H17BrN4O3. The lowest BCUT2D eigenvalue weighted by Crippen LogP contribution is -2.35. The Morgan fingerprint density at radius 1 is 1.36 bits per heavy atom. The first-order valence-corrected chi connectivity index (χ1v) is 7.62. The van der Waals surface area contributed by atoms with Gasteiger partial charge in [-0.1, -0.05) is 0 Å². The van der Waals surface area contributed by atoms with Gasteiger partial charge in [-0.2, -0.15) is 0 Å². The Bertz CT molecular complexity index is 699. The fraction of sp³-hybridized carbons (Fsp3) is 0.357. The smallest absolute Gasteiger partial charge is 0.315 e. The highest BCUT2D eigenvalue weighted by molar-refractivity contribution is 9.10. The molecule has 2 aromatic heterocycles. The molecule has 0 atom stereocenters. The Morgan fingerprint density at radius 3 is 2.86 bits per heavy atom. The number of aliphatic carboxylic acids is 1. The zero-order chi connectivity index (χ0) is 16.1. The van der Waals surface area contributed by atoms with E-state index in [4.69, 9.17) is 5.11 Å². The third-order valence-electron chi connectivity index (χ3n) is 3.03. The van der Waals surface area contributed by atoms with Crippen molar-refractivity contribution in [2.45, 2.75) is 26.3 Å². The van der Waals surface area contributed by atoms with Gasteiger partial charge in [0.15, 0.2) is 0 Å². The summed E-state index contributed by atoms with van der Waals surface area (Å²) in [5.74, 6) is -0.867. The number of aromatic nitrogens is 2. The monoisotopic (exact) mass is 368 g/mol. The number of carbonyl (C=O) groups is 2. The van der Waals surface area contributed by atoms with E-state index in [2.05, 4.69) is 31.5 Å². The molecule has 0 spiro atoms. The molecule has 22 heavy (non-hydrogen) atoms. The second kappa shape index (κ2) is 7.26. The number of aryl methyl sites for hydroxylation is 1. The molecule has 0 saturated carbocycles. The predicted octanol–water partition coefficient (Wildman–Crippen LogP) is 2.07. The molecule has 0 bridgehead atoms. The van der Waals surface area contributed by atoms with Crippen molar-refractivity contribution in [1.29, 1.82) is 0 Å².